The fourth-order valence-electron chi connectivity index (χ4n) is 2.07. The Hall–Kier alpha value is -2.88. The fourth-order valence-corrected chi connectivity index (χ4v) is 2.07. The van der Waals surface area contributed by atoms with Gasteiger partial charge in [-0.15, -0.1) is 0 Å². The quantitative estimate of drug-likeness (QED) is 0.797. The van der Waals surface area contributed by atoms with E-state index in [1.165, 1.54) is 0 Å². The lowest BCUT2D eigenvalue weighted by Gasteiger charge is -2.06. The van der Waals surface area contributed by atoms with E-state index >= 15 is 0 Å². The van der Waals surface area contributed by atoms with Crippen molar-refractivity contribution < 1.29 is 4.79 Å². The first-order chi connectivity index (χ1) is 10.3. The van der Waals surface area contributed by atoms with Gasteiger partial charge in [0.05, 0.1) is 12.2 Å². The summed E-state index contributed by atoms with van der Waals surface area (Å²) in [5, 5.41) is 2.86. The molecule has 0 fully saturated rings. The predicted molar refractivity (Wildman–Crippen MR) is 81.2 cm³/mol. The normalized spacial score (nSPS) is 10.3. The highest BCUT2D eigenvalue weighted by atomic mass is 16.1. The third-order valence-electron chi connectivity index (χ3n) is 3.19. The molecule has 21 heavy (non-hydrogen) atoms. The Kier molecular flexibility index (Phi) is 3.78. The summed E-state index contributed by atoms with van der Waals surface area (Å²) in [6.45, 7) is 0.430. The standard InChI is InChI=1S/C17H15N3O/c21-17(19-13-15-5-1-2-10-18-15)14-6-8-16(9-7-14)20-11-3-4-12-20/h1-12H,13H2,(H,19,21). The molecular weight excluding hydrogens is 262 g/mol. The lowest BCUT2D eigenvalue weighted by molar-refractivity contribution is 0.0950. The molecule has 0 unspecified atom stereocenters. The van der Waals surface area contributed by atoms with Crippen LogP contribution in [0.15, 0.2) is 73.2 Å². The summed E-state index contributed by atoms with van der Waals surface area (Å²) >= 11 is 0. The topological polar surface area (TPSA) is 46.9 Å². The van der Waals surface area contributed by atoms with E-state index in [1.807, 2.05) is 71.6 Å². The van der Waals surface area contributed by atoms with Gasteiger partial charge in [0.25, 0.3) is 5.91 Å². The maximum absolute atomic E-state index is 12.1. The first-order valence-electron chi connectivity index (χ1n) is 6.74. The third kappa shape index (κ3) is 3.17. The van der Waals surface area contributed by atoms with E-state index < -0.39 is 0 Å². The van der Waals surface area contributed by atoms with Crippen LogP contribution < -0.4 is 5.32 Å². The van der Waals surface area contributed by atoms with Crippen LogP contribution in [-0.2, 0) is 6.54 Å². The minimum absolute atomic E-state index is 0.0975. The maximum Gasteiger partial charge on any atom is 0.251 e. The van der Waals surface area contributed by atoms with Crippen molar-refractivity contribution in [3.63, 3.8) is 0 Å². The Morgan fingerprint density at radius 2 is 1.76 bits per heavy atom. The van der Waals surface area contributed by atoms with Gasteiger partial charge < -0.3 is 9.88 Å². The zero-order valence-corrected chi connectivity index (χ0v) is 11.4. The lowest BCUT2D eigenvalue weighted by Crippen LogP contribution is -2.23. The van der Waals surface area contributed by atoms with Crippen molar-refractivity contribution in [3.05, 3.63) is 84.4 Å². The van der Waals surface area contributed by atoms with Gasteiger partial charge in [0.15, 0.2) is 0 Å². The average molecular weight is 277 g/mol. The molecule has 0 aliphatic heterocycles. The summed E-state index contributed by atoms with van der Waals surface area (Å²) in [4.78, 5) is 16.2. The molecule has 104 valence electrons. The minimum Gasteiger partial charge on any atom is -0.346 e. The average Bonchev–Trinajstić information content (AvgIpc) is 3.08. The monoisotopic (exact) mass is 277 g/mol. The molecule has 4 nitrogen and oxygen atoms in total. The number of aromatic nitrogens is 2. The number of carbonyl (C=O) groups is 1. The smallest absolute Gasteiger partial charge is 0.251 e. The van der Waals surface area contributed by atoms with Crippen molar-refractivity contribution in [2.24, 2.45) is 0 Å². The van der Waals surface area contributed by atoms with Gasteiger partial charge in [-0.25, -0.2) is 0 Å². The highest BCUT2D eigenvalue weighted by Crippen LogP contribution is 2.10. The van der Waals surface area contributed by atoms with Crippen LogP contribution in [0.2, 0.25) is 0 Å². The van der Waals surface area contributed by atoms with Crippen LogP contribution in [0.5, 0.6) is 0 Å². The van der Waals surface area contributed by atoms with Crippen molar-refractivity contribution >= 4 is 5.91 Å². The van der Waals surface area contributed by atoms with Gasteiger partial charge >= 0.3 is 0 Å². The van der Waals surface area contributed by atoms with Crippen LogP contribution in [0, 0.1) is 0 Å². The van der Waals surface area contributed by atoms with Crippen molar-refractivity contribution in [2.75, 3.05) is 0 Å². The summed E-state index contributed by atoms with van der Waals surface area (Å²) in [6, 6.07) is 17.1. The summed E-state index contributed by atoms with van der Waals surface area (Å²) in [5.74, 6) is -0.0975. The van der Waals surface area contributed by atoms with Gasteiger partial charge in [0, 0.05) is 29.8 Å². The Balaban J connectivity index is 1.65. The van der Waals surface area contributed by atoms with Gasteiger partial charge in [0.1, 0.15) is 0 Å². The fraction of sp³-hybridized carbons (Fsp3) is 0.0588. The van der Waals surface area contributed by atoms with Gasteiger partial charge in [-0.3, -0.25) is 9.78 Å². The highest BCUT2D eigenvalue weighted by Gasteiger charge is 2.05. The molecule has 0 saturated heterocycles. The van der Waals surface area contributed by atoms with Crippen molar-refractivity contribution in [3.8, 4) is 5.69 Å². The van der Waals surface area contributed by atoms with Gasteiger partial charge in [0.2, 0.25) is 0 Å². The zero-order valence-electron chi connectivity index (χ0n) is 11.4. The SMILES string of the molecule is O=C(NCc1ccccn1)c1ccc(-n2cccc2)cc1. The number of pyridine rings is 1. The summed E-state index contributed by atoms with van der Waals surface area (Å²) in [5.41, 5.74) is 2.51. The first kappa shape index (κ1) is 13.1. The largest absolute Gasteiger partial charge is 0.346 e. The number of hydrogen-bond donors (Lipinski definition) is 1. The molecule has 0 bridgehead atoms. The van der Waals surface area contributed by atoms with Crippen LogP contribution in [0.4, 0.5) is 0 Å². The summed E-state index contributed by atoms with van der Waals surface area (Å²) in [7, 11) is 0. The van der Waals surface area contributed by atoms with Crippen LogP contribution in [0.3, 0.4) is 0 Å². The molecule has 2 aromatic heterocycles. The molecular formula is C17H15N3O. The summed E-state index contributed by atoms with van der Waals surface area (Å²) in [6.07, 6.45) is 5.65. The predicted octanol–water partition coefficient (Wildman–Crippen LogP) is 2.80. The Bertz CT molecular complexity index is 704. The molecule has 0 saturated carbocycles. The van der Waals surface area contributed by atoms with Crippen molar-refractivity contribution in [1.82, 2.24) is 14.9 Å². The van der Waals surface area contributed by atoms with E-state index in [2.05, 4.69) is 10.3 Å². The summed E-state index contributed by atoms with van der Waals surface area (Å²) < 4.78 is 2.00. The molecule has 1 aromatic carbocycles. The Labute approximate surface area is 123 Å². The maximum atomic E-state index is 12.1. The molecule has 1 N–H and O–H groups in total. The van der Waals surface area contributed by atoms with E-state index in [0.717, 1.165) is 11.4 Å². The van der Waals surface area contributed by atoms with Crippen LogP contribution >= 0.6 is 0 Å². The van der Waals surface area contributed by atoms with Gasteiger partial charge in [-0.1, -0.05) is 6.07 Å². The van der Waals surface area contributed by atoms with E-state index in [1.54, 1.807) is 6.20 Å². The number of nitrogens with zero attached hydrogens (tertiary/aromatic N) is 2. The van der Waals surface area contributed by atoms with E-state index in [4.69, 9.17) is 0 Å². The van der Waals surface area contributed by atoms with E-state index in [-0.39, 0.29) is 5.91 Å². The molecule has 0 atom stereocenters. The second kappa shape index (κ2) is 6.05. The van der Waals surface area contributed by atoms with E-state index in [0.29, 0.717) is 12.1 Å². The molecule has 0 spiro atoms. The third-order valence-corrected chi connectivity index (χ3v) is 3.19. The van der Waals surface area contributed by atoms with Gasteiger partial charge in [-0.2, -0.15) is 0 Å². The number of hydrogen-bond acceptors (Lipinski definition) is 2. The Morgan fingerprint density at radius 1 is 1.00 bits per heavy atom. The van der Waals surface area contributed by atoms with Crippen LogP contribution in [0.25, 0.3) is 5.69 Å². The molecule has 1 amide bonds. The lowest BCUT2D eigenvalue weighted by atomic mass is 10.2. The molecule has 0 aliphatic rings. The zero-order chi connectivity index (χ0) is 14.5. The second-order valence-corrected chi connectivity index (χ2v) is 4.64. The Morgan fingerprint density at radius 3 is 2.43 bits per heavy atom. The number of rotatable bonds is 4. The van der Waals surface area contributed by atoms with E-state index in [9.17, 15) is 4.79 Å². The number of nitrogens with one attached hydrogen (secondary N) is 1. The molecule has 4 heteroatoms. The molecule has 2 heterocycles. The molecule has 3 aromatic rings. The van der Waals surface area contributed by atoms with Crippen molar-refractivity contribution in [1.29, 1.82) is 0 Å². The van der Waals surface area contributed by atoms with Crippen LogP contribution in [-0.4, -0.2) is 15.5 Å². The number of amides is 1. The van der Waals surface area contributed by atoms with Gasteiger partial charge in [-0.05, 0) is 48.5 Å². The molecule has 3 rings (SSSR count). The van der Waals surface area contributed by atoms with Crippen LogP contribution in [0.1, 0.15) is 16.1 Å². The molecule has 0 aliphatic carbocycles. The highest BCUT2D eigenvalue weighted by molar-refractivity contribution is 5.94. The number of benzene rings is 1. The first-order valence-corrected chi connectivity index (χ1v) is 6.74. The second-order valence-electron chi connectivity index (χ2n) is 4.64. The van der Waals surface area contributed by atoms with Crippen molar-refractivity contribution in [2.45, 2.75) is 6.54 Å². The molecule has 0 radical (unpaired) electrons. The number of carbonyl (C=O) groups excluding carboxylic acids is 1. The minimum atomic E-state index is -0.0975.